The van der Waals surface area contributed by atoms with Gasteiger partial charge in [0.25, 0.3) is 23.2 Å². The van der Waals surface area contributed by atoms with E-state index in [4.69, 9.17) is 18.3 Å². The Bertz CT molecular complexity index is 2250. The Morgan fingerprint density at radius 3 is 1.08 bits per heavy atom. The van der Waals surface area contributed by atoms with Crippen molar-refractivity contribution in [1.29, 1.82) is 0 Å². The van der Waals surface area contributed by atoms with E-state index >= 15 is 0 Å². The van der Waals surface area contributed by atoms with Gasteiger partial charge in [0.05, 0.1) is 35.2 Å². The summed E-state index contributed by atoms with van der Waals surface area (Å²) in [4.78, 5) is 21.6. The number of methoxy groups -OCH3 is 2. The lowest BCUT2D eigenvalue weighted by molar-refractivity contribution is -0.580. The molecule has 0 radical (unpaired) electrons. The average Bonchev–Trinajstić information content (AvgIpc) is 3.71. The van der Waals surface area contributed by atoms with Crippen LogP contribution < -0.4 is 28.8 Å². The summed E-state index contributed by atoms with van der Waals surface area (Å²) < 4.78 is 25.4. The van der Waals surface area contributed by atoms with Gasteiger partial charge in [0.1, 0.15) is 23.4 Å². The van der Waals surface area contributed by atoms with Crippen LogP contribution in [0.1, 0.15) is 0 Å². The van der Waals surface area contributed by atoms with E-state index in [1.54, 1.807) is 81.9 Å². The van der Waals surface area contributed by atoms with Gasteiger partial charge in [-0.3, -0.25) is 20.2 Å². The van der Waals surface area contributed by atoms with Crippen LogP contribution in [0.4, 0.5) is 11.4 Å². The van der Waals surface area contributed by atoms with Gasteiger partial charge in [-0.15, -0.1) is 9.13 Å². The maximum absolute atomic E-state index is 13.5. The molecule has 0 fully saturated rings. The molecule has 0 aliphatic carbocycles. The summed E-state index contributed by atoms with van der Waals surface area (Å²) in [6.45, 7) is 0. The second-order valence-electron chi connectivity index (χ2n) is 11.3. The zero-order valence-electron chi connectivity index (χ0n) is 27.4. The summed E-state index contributed by atoms with van der Waals surface area (Å²) in [7, 11) is 3.06. The highest BCUT2D eigenvalue weighted by Crippen LogP contribution is 2.36. The molecule has 0 unspecified atom stereocenters. The van der Waals surface area contributed by atoms with E-state index in [1.165, 1.54) is 62.8 Å². The number of hydrogen-bond donors (Lipinski definition) is 0. The lowest BCUT2D eigenvalue weighted by atomic mass is 10.1. The van der Waals surface area contributed by atoms with Crippen molar-refractivity contribution in [2.75, 3.05) is 14.2 Å². The Hall–Kier alpha value is -7.48. The van der Waals surface area contributed by atoms with Crippen LogP contribution >= 0.6 is 0 Å². The summed E-state index contributed by atoms with van der Waals surface area (Å²) in [5, 5.41) is 49.7. The molecule has 0 aliphatic heterocycles. The highest BCUT2D eigenvalue weighted by molar-refractivity contribution is 5.67. The molecule has 0 spiro atoms. The summed E-state index contributed by atoms with van der Waals surface area (Å²) in [5.41, 5.74) is 2.96. The maximum atomic E-state index is 13.5. The summed E-state index contributed by atoms with van der Waals surface area (Å²) in [6, 6.07) is 31.8. The number of nitro groups is 2. The van der Waals surface area contributed by atoms with Gasteiger partial charge in [-0.2, -0.15) is 0 Å². The lowest BCUT2D eigenvalue weighted by Gasteiger charge is -2.07. The van der Waals surface area contributed by atoms with Crippen LogP contribution in [0.5, 0.6) is 23.4 Å². The third-order valence-corrected chi connectivity index (χ3v) is 8.36. The monoisotopic (exact) mass is 698 g/mol. The van der Waals surface area contributed by atoms with Crippen molar-refractivity contribution < 1.29 is 47.5 Å². The maximum Gasteiger partial charge on any atom is 0.275 e. The molecule has 0 N–H and O–H groups in total. The first-order valence-corrected chi connectivity index (χ1v) is 15.6. The molecule has 52 heavy (non-hydrogen) atoms. The van der Waals surface area contributed by atoms with Crippen LogP contribution in [0.15, 0.2) is 130 Å². The molecule has 0 amide bonds. The van der Waals surface area contributed by atoms with Crippen molar-refractivity contribution in [3.8, 4) is 80.2 Å². The van der Waals surface area contributed by atoms with Crippen LogP contribution in [0, 0.1) is 20.2 Å². The summed E-state index contributed by atoms with van der Waals surface area (Å²) >= 11 is 0. The number of nitro benzene ring substituents is 2. The minimum atomic E-state index is -0.648. The van der Waals surface area contributed by atoms with Crippen molar-refractivity contribution >= 4 is 11.4 Å². The number of non-ortho nitro benzene ring substituents is 2. The van der Waals surface area contributed by atoms with Gasteiger partial charge in [-0.1, -0.05) is 0 Å². The third kappa shape index (κ3) is 6.00. The van der Waals surface area contributed by atoms with Crippen LogP contribution in [-0.4, -0.2) is 24.1 Å². The molecule has 0 aliphatic rings. The predicted molar refractivity (Wildman–Crippen MR) is 181 cm³/mol. The third-order valence-electron chi connectivity index (χ3n) is 8.36. The quantitative estimate of drug-likeness (QED) is 0.0922. The van der Waals surface area contributed by atoms with E-state index in [0.29, 0.717) is 45.1 Å². The number of aromatic nitrogens is 2. The van der Waals surface area contributed by atoms with Crippen molar-refractivity contribution in [2.45, 2.75) is 0 Å². The number of benzene rings is 5. The summed E-state index contributed by atoms with van der Waals surface area (Å²) in [6.07, 6.45) is 0. The van der Waals surface area contributed by atoms with Crippen molar-refractivity contribution in [3.63, 3.8) is 0 Å². The minimum absolute atomic E-state index is 0.127. The highest BCUT2D eigenvalue weighted by atomic mass is 16.6. The van der Waals surface area contributed by atoms with Gasteiger partial charge in [-0.05, 0) is 72.8 Å². The normalized spacial score (nSPS) is 11.0. The van der Waals surface area contributed by atoms with Crippen LogP contribution in [0.2, 0.25) is 0 Å². The van der Waals surface area contributed by atoms with E-state index in [0.717, 1.165) is 0 Å². The second kappa shape index (κ2) is 13.4. The van der Waals surface area contributed by atoms with Gasteiger partial charge >= 0.3 is 0 Å². The van der Waals surface area contributed by atoms with E-state index in [2.05, 4.69) is 0 Å². The molecule has 0 atom stereocenters. The number of hydrogen-bond acceptors (Lipinski definition) is 10. The van der Waals surface area contributed by atoms with Gasteiger partial charge in [-0.25, -0.2) is 0 Å². The molecule has 0 bridgehead atoms. The fraction of sp³-hybridized carbons (Fsp3) is 0.0526. The molecule has 7 aromatic rings. The van der Waals surface area contributed by atoms with Gasteiger partial charge < -0.3 is 28.5 Å². The fourth-order valence-corrected chi connectivity index (χ4v) is 5.81. The standard InChI is InChI=1S/C38H26N4O10/c1-49-31-19-7-23(8-20-31)33-37(43)51-35(25-3-11-29(12-4-25)41(45)46)39(33)27-15-17-28(18-16-27)40-34(24-9-21-32(50-2)22-10-24)38(44)52-36(40)26-5-13-30(14-6-26)42(47)48/h3-22H,1-2H3. The molecule has 5 aromatic carbocycles. The molecule has 7 rings (SSSR count). The first kappa shape index (κ1) is 33.0. The van der Waals surface area contributed by atoms with Crippen LogP contribution in [0.3, 0.4) is 0 Å². The van der Waals surface area contributed by atoms with Crippen molar-refractivity contribution in [2.24, 2.45) is 0 Å². The Labute approximate surface area is 294 Å². The molecule has 258 valence electrons. The first-order valence-electron chi connectivity index (χ1n) is 15.6. The molecule has 14 heteroatoms. The van der Waals surface area contributed by atoms with Crippen LogP contribution in [0.25, 0.3) is 56.8 Å². The molecule has 2 aromatic heterocycles. The smallest absolute Gasteiger partial charge is 0.275 e. The topological polar surface area (TPSA) is 185 Å². The Balaban J connectivity index is 1.40. The van der Waals surface area contributed by atoms with E-state index in [-0.39, 0.29) is 34.5 Å². The highest BCUT2D eigenvalue weighted by Gasteiger charge is 2.30. The van der Waals surface area contributed by atoms with Gasteiger partial charge in [0.15, 0.2) is 0 Å². The molecule has 2 heterocycles. The van der Waals surface area contributed by atoms with Gasteiger partial charge in [0.2, 0.25) is 22.8 Å². The molecular weight excluding hydrogens is 672 g/mol. The van der Waals surface area contributed by atoms with Gasteiger partial charge in [0, 0.05) is 59.7 Å². The van der Waals surface area contributed by atoms with E-state index in [9.17, 15) is 30.4 Å². The van der Waals surface area contributed by atoms with E-state index < -0.39 is 21.7 Å². The minimum Gasteiger partial charge on any atom is -0.540 e. The van der Waals surface area contributed by atoms with Crippen molar-refractivity contribution in [3.05, 3.63) is 142 Å². The molecule has 14 nitrogen and oxygen atoms in total. The second-order valence-corrected chi connectivity index (χ2v) is 11.3. The first-order chi connectivity index (χ1) is 25.2. The number of ether oxygens (including phenoxy) is 2. The molecular formula is C38H26N4O10. The van der Waals surface area contributed by atoms with E-state index in [1.807, 2.05) is 0 Å². The summed E-state index contributed by atoms with van der Waals surface area (Å²) in [5.74, 6) is 0.119. The molecule has 0 saturated heterocycles. The predicted octanol–water partition coefficient (Wildman–Crippen LogP) is 6.07. The number of oxazole rings is 2. The Morgan fingerprint density at radius 1 is 0.481 bits per heavy atom. The SMILES string of the molecule is COc1ccc(-c2c([O-])oc(-c3ccc([N+](=O)[O-])cc3)[n+]2-c2ccc(-[n+]3c(-c4ccc([N+](=O)[O-])cc4)oc([O-])c3-c3ccc(OC)cc3)cc2)cc1. The van der Waals surface area contributed by atoms with Crippen molar-refractivity contribution in [1.82, 2.24) is 0 Å². The van der Waals surface area contributed by atoms with Crippen LogP contribution in [-0.2, 0) is 0 Å². The fourth-order valence-electron chi connectivity index (χ4n) is 5.81. The zero-order valence-corrected chi connectivity index (χ0v) is 27.4. The average molecular weight is 699 g/mol. The Morgan fingerprint density at radius 2 is 0.788 bits per heavy atom. The lowest BCUT2D eigenvalue weighted by Crippen LogP contribution is -2.36. The largest absolute Gasteiger partial charge is 0.540 e. The number of nitrogens with zero attached hydrogens (tertiary/aromatic N) is 4. The Kier molecular flexibility index (Phi) is 8.54. The zero-order chi connectivity index (χ0) is 36.5. The molecule has 0 saturated carbocycles. The number of rotatable bonds is 10.